The largest absolute Gasteiger partial charge is 0.346 e. The van der Waals surface area contributed by atoms with Crippen molar-refractivity contribution in [3.05, 3.63) is 75.7 Å². The van der Waals surface area contributed by atoms with Gasteiger partial charge in [0.25, 0.3) is 11.8 Å². The van der Waals surface area contributed by atoms with Gasteiger partial charge in [-0.25, -0.2) is 0 Å². The summed E-state index contributed by atoms with van der Waals surface area (Å²) < 4.78 is 0. The van der Waals surface area contributed by atoms with Gasteiger partial charge in [-0.05, 0) is 36.6 Å². The third-order valence-corrected chi connectivity index (χ3v) is 5.22. The molecular weight excluding hydrogens is 384 g/mol. The lowest BCUT2D eigenvalue weighted by molar-refractivity contribution is 0.0938. The maximum atomic E-state index is 12.6. The Hall–Kier alpha value is -3.06. The molecule has 2 N–H and O–H groups in total. The van der Waals surface area contributed by atoms with Crippen molar-refractivity contribution in [2.24, 2.45) is 5.92 Å². The number of rotatable bonds is 7. The summed E-state index contributed by atoms with van der Waals surface area (Å²) in [6.07, 6.45) is 0.792. The summed E-state index contributed by atoms with van der Waals surface area (Å²) in [4.78, 5) is 25.1. The Morgan fingerprint density at radius 2 is 1.72 bits per heavy atom. The maximum Gasteiger partial charge on any atom is 0.286 e. The summed E-state index contributed by atoms with van der Waals surface area (Å²) in [6.45, 7) is 6.12. The fourth-order valence-corrected chi connectivity index (χ4v) is 3.75. The van der Waals surface area contributed by atoms with Crippen molar-refractivity contribution in [3.8, 4) is 0 Å². The number of amides is 2. The molecule has 0 aliphatic heterocycles. The van der Waals surface area contributed by atoms with Gasteiger partial charge in [-0.1, -0.05) is 61.6 Å². The molecule has 2 aromatic carbocycles. The Balaban J connectivity index is 1.65. The van der Waals surface area contributed by atoms with E-state index in [4.69, 9.17) is 0 Å². The van der Waals surface area contributed by atoms with E-state index in [1.165, 1.54) is 11.3 Å². The van der Waals surface area contributed by atoms with Crippen molar-refractivity contribution in [2.45, 2.75) is 33.2 Å². The highest BCUT2D eigenvalue weighted by molar-refractivity contribution is 7.13. The number of nitrogens with zero attached hydrogens (tertiary/aromatic N) is 2. The van der Waals surface area contributed by atoms with Gasteiger partial charge in [0.05, 0.1) is 6.04 Å². The van der Waals surface area contributed by atoms with Crippen LogP contribution >= 0.6 is 11.3 Å². The van der Waals surface area contributed by atoms with E-state index in [-0.39, 0.29) is 17.9 Å². The van der Waals surface area contributed by atoms with Crippen molar-refractivity contribution in [3.63, 3.8) is 0 Å². The van der Waals surface area contributed by atoms with E-state index in [2.05, 4.69) is 34.7 Å². The standard InChI is InChI=1S/C22H24N4O2S/c1-14(2)12-19-25-26-22(29-19)21(28)24-18-11-7-10-17(13-18)20(27)23-15(3)16-8-5-4-6-9-16/h4-11,13-15H,12H2,1-3H3,(H,23,27)(H,24,28). The molecule has 6 nitrogen and oxygen atoms in total. The molecule has 0 aliphatic carbocycles. The van der Waals surface area contributed by atoms with Gasteiger partial charge in [0.2, 0.25) is 5.01 Å². The smallest absolute Gasteiger partial charge is 0.286 e. The van der Waals surface area contributed by atoms with E-state index < -0.39 is 0 Å². The second kappa shape index (κ2) is 9.43. The predicted octanol–water partition coefficient (Wildman–Crippen LogP) is 4.48. The van der Waals surface area contributed by atoms with Crippen molar-refractivity contribution in [2.75, 3.05) is 5.32 Å². The SMILES string of the molecule is CC(C)Cc1nnc(C(=O)Nc2cccc(C(=O)NC(C)c3ccccc3)c2)s1. The number of benzene rings is 2. The molecule has 3 rings (SSSR count). The lowest BCUT2D eigenvalue weighted by Gasteiger charge is -2.14. The second-order valence-electron chi connectivity index (χ2n) is 7.24. The third kappa shape index (κ3) is 5.71. The van der Waals surface area contributed by atoms with Crippen molar-refractivity contribution in [1.29, 1.82) is 0 Å². The van der Waals surface area contributed by atoms with Crippen LogP contribution in [-0.2, 0) is 6.42 Å². The van der Waals surface area contributed by atoms with Crippen molar-refractivity contribution < 1.29 is 9.59 Å². The molecule has 2 amide bonds. The van der Waals surface area contributed by atoms with Crippen LogP contribution in [0, 0.1) is 5.92 Å². The second-order valence-corrected chi connectivity index (χ2v) is 8.30. The Morgan fingerprint density at radius 3 is 2.45 bits per heavy atom. The molecule has 0 fully saturated rings. The van der Waals surface area contributed by atoms with Gasteiger partial charge in [0.1, 0.15) is 5.01 Å². The normalized spacial score (nSPS) is 11.9. The Kier molecular flexibility index (Phi) is 6.72. The van der Waals surface area contributed by atoms with Gasteiger partial charge in [0.15, 0.2) is 0 Å². The summed E-state index contributed by atoms with van der Waals surface area (Å²) in [5.74, 6) is -0.0763. The summed E-state index contributed by atoms with van der Waals surface area (Å²) in [5, 5.41) is 15.0. The summed E-state index contributed by atoms with van der Waals surface area (Å²) in [6, 6.07) is 16.5. The first kappa shape index (κ1) is 20.7. The van der Waals surface area contributed by atoms with E-state index in [0.29, 0.717) is 22.2 Å². The minimum absolute atomic E-state index is 0.122. The van der Waals surface area contributed by atoms with Crippen molar-refractivity contribution in [1.82, 2.24) is 15.5 Å². The zero-order valence-electron chi connectivity index (χ0n) is 16.7. The lowest BCUT2D eigenvalue weighted by Crippen LogP contribution is -2.26. The quantitative estimate of drug-likeness (QED) is 0.604. The number of nitrogens with one attached hydrogen (secondary N) is 2. The van der Waals surface area contributed by atoms with E-state index in [0.717, 1.165) is 17.0 Å². The summed E-state index contributed by atoms with van der Waals surface area (Å²) >= 11 is 1.29. The molecule has 1 atom stereocenters. The Morgan fingerprint density at radius 1 is 0.966 bits per heavy atom. The van der Waals surface area contributed by atoms with Crippen LogP contribution in [0.15, 0.2) is 54.6 Å². The van der Waals surface area contributed by atoms with Crippen LogP contribution in [0.4, 0.5) is 5.69 Å². The first-order chi connectivity index (χ1) is 13.9. The number of hydrogen-bond acceptors (Lipinski definition) is 5. The highest BCUT2D eigenvalue weighted by Gasteiger charge is 2.15. The van der Waals surface area contributed by atoms with Gasteiger partial charge in [-0.2, -0.15) is 0 Å². The van der Waals surface area contributed by atoms with Gasteiger partial charge in [0, 0.05) is 17.7 Å². The topological polar surface area (TPSA) is 84.0 Å². The van der Waals surface area contributed by atoms with Crippen LogP contribution in [-0.4, -0.2) is 22.0 Å². The van der Waals surface area contributed by atoms with Gasteiger partial charge in [-0.3, -0.25) is 9.59 Å². The van der Waals surface area contributed by atoms with Crippen LogP contribution in [0.1, 0.15) is 57.5 Å². The molecule has 3 aromatic rings. The fourth-order valence-electron chi connectivity index (χ4n) is 2.80. The molecule has 1 heterocycles. The minimum atomic E-state index is -0.326. The molecule has 1 unspecified atom stereocenters. The van der Waals surface area contributed by atoms with Gasteiger partial charge < -0.3 is 10.6 Å². The molecule has 150 valence electrons. The highest BCUT2D eigenvalue weighted by Crippen LogP contribution is 2.18. The first-order valence-corrected chi connectivity index (χ1v) is 10.3. The summed E-state index contributed by atoms with van der Waals surface area (Å²) in [5.41, 5.74) is 2.04. The molecule has 0 saturated heterocycles. The average Bonchev–Trinajstić information content (AvgIpc) is 3.16. The lowest BCUT2D eigenvalue weighted by atomic mass is 10.1. The molecule has 0 spiro atoms. The molecule has 0 saturated carbocycles. The molecule has 0 aliphatic rings. The van der Waals surface area contributed by atoms with Crippen LogP contribution in [0.3, 0.4) is 0 Å². The van der Waals surface area contributed by atoms with Gasteiger partial charge >= 0.3 is 0 Å². The zero-order chi connectivity index (χ0) is 20.8. The molecule has 7 heteroatoms. The number of aromatic nitrogens is 2. The number of hydrogen-bond donors (Lipinski definition) is 2. The number of anilines is 1. The van der Waals surface area contributed by atoms with Gasteiger partial charge in [-0.15, -0.1) is 10.2 Å². The minimum Gasteiger partial charge on any atom is -0.346 e. The Bertz CT molecular complexity index is 985. The van der Waals surface area contributed by atoms with Crippen LogP contribution < -0.4 is 10.6 Å². The van der Waals surface area contributed by atoms with E-state index in [1.54, 1.807) is 24.3 Å². The molecular formula is C22H24N4O2S. The average molecular weight is 409 g/mol. The first-order valence-electron chi connectivity index (χ1n) is 9.52. The molecule has 0 radical (unpaired) electrons. The molecule has 1 aromatic heterocycles. The van der Waals surface area contributed by atoms with E-state index >= 15 is 0 Å². The van der Waals surface area contributed by atoms with E-state index in [9.17, 15) is 9.59 Å². The monoisotopic (exact) mass is 408 g/mol. The maximum absolute atomic E-state index is 12.6. The number of carbonyl (C=O) groups is 2. The highest BCUT2D eigenvalue weighted by atomic mass is 32.1. The summed E-state index contributed by atoms with van der Waals surface area (Å²) in [7, 11) is 0. The zero-order valence-corrected chi connectivity index (χ0v) is 17.5. The molecule has 0 bridgehead atoms. The van der Waals surface area contributed by atoms with Crippen LogP contribution in [0.25, 0.3) is 0 Å². The Labute approximate surface area is 174 Å². The van der Waals surface area contributed by atoms with Crippen molar-refractivity contribution >= 4 is 28.8 Å². The third-order valence-electron chi connectivity index (χ3n) is 4.27. The van der Waals surface area contributed by atoms with E-state index in [1.807, 2.05) is 37.3 Å². The predicted molar refractivity (Wildman–Crippen MR) is 115 cm³/mol. The van der Waals surface area contributed by atoms with Crippen LogP contribution in [0.2, 0.25) is 0 Å². The molecule has 29 heavy (non-hydrogen) atoms. The fraction of sp³-hybridized carbons (Fsp3) is 0.273. The van der Waals surface area contributed by atoms with Crippen LogP contribution in [0.5, 0.6) is 0 Å². The number of carbonyl (C=O) groups excluding carboxylic acids is 2.